The lowest BCUT2D eigenvalue weighted by Gasteiger charge is -2.22. The lowest BCUT2D eigenvalue weighted by Crippen LogP contribution is -2.21. The first-order chi connectivity index (χ1) is 9.60. The number of hydrogen-bond donors (Lipinski definition) is 2. The molecule has 0 amide bonds. The average molecular weight is 316 g/mol. The second kappa shape index (κ2) is 6.53. The molecule has 0 spiro atoms. The van der Waals surface area contributed by atoms with Crippen molar-refractivity contribution in [3.63, 3.8) is 0 Å². The van der Waals surface area contributed by atoms with Crippen molar-refractivity contribution in [1.82, 2.24) is 0 Å². The maximum absolute atomic E-state index is 12.0. The quantitative estimate of drug-likeness (QED) is 0.783. The third-order valence-corrected chi connectivity index (χ3v) is 4.24. The minimum atomic E-state index is -3.52. The average Bonchev–Trinajstić information content (AvgIpc) is 2.34. The maximum atomic E-state index is 12.0. The summed E-state index contributed by atoms with van der Waals surface area (Å²) in [4.78, 5) is 0. The lowest BCUT2D eigenvalue weighted by atomic mass is 9.86. The molecule has 1 aromatic carbocycles. The second-order valence-electron chi connectivity index (χ2n) is 5.81. The van der Waals surface area contributed by atoms with Crippen molar-refractivity contribution in [3.8, 4) is 5.75 Å². The van der Waals surface area contributed by atoms with E-state index in [1.807, 2.05) is 20.8 Å². The van der Waals surface area contributed by atoms with E-state index in [1.54, 1.807) is 12.1 Å². The molecule has 0 atom stereocenters. The largest absolute Gasteiger partial charge is 0.492 e. The molecule has 6 nitrogen and oxygen atoms in total. The van der Waals surface area contributed by atoms with Crippen LogP contribution in [0.5, 0.6) is 5.75 Å². The van der Waals surface area contributed by atoms with Crippen molar-refractivity contribution in [3.05, 3.63) is 17.7 Å². The smallest absolute Gasteiger partial charge is 0.235 e. The molecule has 1 aromatic rings. The Bertz CT molecular complexity index is 592. The first kappa shape index (κ1) is 17.6. The highest BCUT2D eigenvalue weighted by atomic mass is 32.2. The van der Waals surface area contributed by atoms with E-state index in [-0.39, 0.29) is 17.8 Å². The Kier molecular flexibility index (Phi) is 5.47. The lowest BCUT2D eigenvalue weighted by molar-refractivity contribution is 0.217. The van der Waals surface area contributed by atoms with Crippen LogP contribution in [0.1, 0.15) is 26.3 Å². The summed E-state index contributed by atoms with van der Waals surface area (Å²) in [7, 11) is -0.612. The number of benzene rings is 1. The predicted octanol–water partition coefficient (Wildman–Crippen LogP) is 1.96. The van der Waals surface area contributed by atoms with E-state index in [0.29, 0.717) is 17.1 Å². The van der Waals surface area contributed by atoms with E-state index in [2.05, 4.69) is 4.72 Å². The number of ether oxygens (including phenoxy) is 2. The van der Waals surface area contributed by atoms with Gasteiger partial charge in [-0.05, 0) is 23.1 Å². The van der Waals surface area contributed by atoms with Gasteiger partial charge in [0.2, 0.25) is 10.0 Å². The van der Waals surface area contributed by atoms with Crippen LogP contribution >= 0.6 is 0 Å². The molecule has 0 aliphatic heterocycles. The van der Waals surface area contributed by atoms with Crippen LogP contribution in [0.4, 0.5) is 11.4 Å². The molecule has 0 aliphatic carbocycles. The van der Waals surface area contributed by atoms with Gasteiger partial charge in [0.1, 0.15) is 0 Å². The summed E-state index contributed by atoms with van der Waals surface area (Å²) in [5.41, 5.74) is 7.47. The molecule has 0 aromatic heterocycles. The Morgan fingerprint density at radius 1 is 1.24 bits per heavy atom. The Labute approximate surface area is 126 Å². The van der Waals surface area contributed by atoms with Crippen molar-refractivity contribution >= 4 is 21.4 Å². The molecular weight excluding hydrogens is 292 g/mol. The number of methoxy groups -OCH3 is 2. The highest BCUT2D eigenvalue weighted by Gasteiger charge is 2.21. The maximum Gasteiger partial charge on any atom is 0.235 e. The second-order valence-corrected chi connectivity index (χ2v) is 7.65. The predicted molar refractivity (Wildman–Crippen MR) is 85.4 cm³/mol. The number of sulfonamides is 1. The molecular formula is C14H24N2O4S. The van der Waals surface area contributed by atoms with Gasteiger partial charge in [-0.2, -0.15) is 0 Å². The summed E-state index contributed by atoms with van der Waals surface area (Å²) in [6.45, 7) is 6.19. The highest BCUT2D eigenvalue weighted by Crippen LogP contribution is 2.37. The number of rotatable bonds is 6. The van der Waals surface area contributed by atoms with Crippen LogP contribution in [0.25, 0.3) is 0 Å². The van der Waals surface area contributed by atoms with Crippen LogP contribution < -0.4 is 15.2 Å². The van der Waals surface area contributed by atoms with Crippen LogP contribution in [0.15, 0.2) is 12.1 Å². The van der Waals surface area contributed by atoms with E-state index in [9.17, 15) is 8.42 Å². The monoisotopic (exact) mass is 316 g/mol. The summed E-state index contributed by atoms with van der Waals surface area (Å²) in [5, 5.41) is 0. The zero-order valence-electron chi connectivity index (χ0n) is 13.2. The van der Waals surface area contributed by atoms with E-state index >= 15 is 0 Å². The van der Waals surface area contributed by atoms with Crippen LogP contribution in [0, 0.1) is 0 Å². The number of nitrogen functional groups attached to an aromatic ring is 1. The van der Waals surface area contributed by atoms with Crippen LogP contribution in [-0.2, 0) is 20.2 Å². The molecule has 120 valence electrons. The van der Waals surface area contributed by atoms with E-state index < -0.39 is 10.0 Å². The fourth-order valence-corrected chi connectivity index (χ4v) is 2.77. The summed E-state index contributed by atoms with van der Waals surface area (Å²) in [5.74, 6) is 0.191. The van der Waals surface area contributed by atoms with Crippen LogP contribution in [0.3, 0.4) is 0 Å². The zero-order chi connectivity index (χ0) is 16.3. The van der Waals surface area contributed by atoms with Gasteiger partial charge in [-0.25, -0.2) is 8.42 Å². The number of hydrogen-bond acceptors (Lipinski definition) is 5. The summed E-state index contributed by atoms with van der Waals surface area (Å²) in [6.07, 6.45) is 0. The molecule has 3 N–H and O–H groups in total. The molecule has 0 aliphatic rings. The van der Waals surface area contributed by atoms with Crippen molar-refractivity contribution in [1.29, 1.82) is 0 Å². The third kappa shape index (κ3) is 4.78. The number of nitrogens with two attached hydrogens (primary N) is 1. The van der Waals surface area contributed by atoms with Crippen LogP contribution in [-0.4, -0.2) is 35.0 Å². The molecule has 0 radical (unpaired) electrons. The molecule has 0 fully saturated rings. The van der Waals surface area contributed by atoms with Gasteiger partial charge in [-0.15, -0.1) is 0 Å². The topological polar surface area (TPSA) is 90.7 Å². The third-order valence-electron chi connectivity index (χ3n) is 3.01. The summed E-state index contributed by atoms with van der Waals surface area (Å²) >= 11 is 0. The standard InChI is InChI=1S/C14H24N2O4S/c1-14(2,3)10-8-11(15)13(20-5)12(9-10)16-21(17,18)7-6-19-4/h8-9,16H,6-7,15H2,1-5H3. The first-order valence-corrected chi connectivity index (χ1v) is 8.23. The molecule has 0 saturated carbocycles. The molecule has 7 heteroatoms. The Morgan fingerprint density at radius 3 is 2.33 bits per heavy atom. The minimum Gasteiger partial charge on any atom is -0.492 e. The van der Waals surface area contributed by atoms with Gasteiger partial charge in [-0.3, -0.25) is 4.72 Å². The van der Waals surface area contributed by atoms with Gasteiger partial charge in [0, 0.05) is 7.11 Å². The highest BCUT2D eigenvalue weighted by molar-refractivity contribution is 7.92. The van der Waals surface area contributed by atoms with Gasteiger partial charge >= 0.3 is 0 Å². The molecule has 21 heavy (non-hydrogen) atoms. The van der Waals surface area contributed by atoms with Gasteiger partial charge < -0.3 is 15.2 Å². The molecule has 0 bridgehead atoms. The fourth-order valence-electron chi connectivity index (χ4n) is 1.80. The molecule has 0 saturated heterocycles. The van der Waals surface area contributed by atoms with Gasteiger partial charge in [0.25, 0.3) is 0 Å². The van der Waals surface area contributed by atoms with Crippen LogP contribution in [0.2, 0.25) is 0 Å². The number of anilines is 2. The molecule has 0 heterocycles. The van der Waals surface area contributed by atoms with Crippen molar-refractivity contribution in [2.75, 3.05) is 37.0 Å². The Balaban J connectivity index is 3.24. The zero-order valence-corrected chi connectivity index (χ0v) is 14.0. The first-order valence-electron chi connectivity index (χ1n) is 6.58. The SMILES string of the molecule is COCCS(=O)(=O)Nc1cc(C(C)(C)C)cc(N)c1OC. The summed E-state index contributed by atoms with van der Waals surface area (Å²) < 4.78 is 36.5. The van der Waals surface area contributed by atoms with Crippen molar-refractivity contribution in [2.24, 2.45) is 0 Å². The van der Waals surface area contributed by atoms with E-state index in [4.69, 9.17) is 15.2 Å². The Morgan fingerprint density at radius 2 is 1.86 bits per heavy atom. The van der Waals surface area contributed by atoms with Gasteiger partial charge in [0.05, 0.1) is 30.8 Å². The van der Waals surface area contributed by atoms with Gasteiger partial charge in [-0.1, -0.05) is 20.8 Å². The minimum absolute atomic E-state index is 0.117. The van der Waals surface area contributed by atoms with Crippen molar-refractivity contribution < 1.29 is 17.9 Å². The fraction of sp³-hybridized carbons (Fsp3) is 0.571. The normalized spacial score (nSPS) is 12.2. The Hall–Kier alpha value is -1.47. The number of nitrogens with one attached hydrogen (secondary N) is 1. The van der Waals surface area contributed by atoms with E-state index in [0.717, 1.165) is 5.56 Å². The molecule has 1 rings (SSSR count). The van der Waals surface area contributed by atoms with E-state index in [1.165, 1.54) is 14.2 Å². The van der Waals surface area contributed by atoms with Crippen molar-refractivity contribution in [2.45, 2.75) is 26.2 Å². The van der Waals surface area contributed by atoms with Gasteiger partial charge in [0.15, 0.2) is 5.75 Å². The summed E-state index contributed by atoms with van der Waals surface area (Å²) in [6, 6.07) is 3.55. The molecule has 0 unspecified atom stereocenters.